The molecule has 0 bridgehead atoms. The highest BCUT2D eigenvalue weighted by Gasteiger charge is 2.65. The smallest absolute Gasteiger partial charge is 0.150 e. The summed E-state index contributed by atoms with van der Waals surface area (Å²) in [6, 6.07) is 9.30. The molecule has 0 spiro atoms. The summed E-state index contributed by atoms with van der Waals surface area (Å²) in [6.07, 6.45) is 1.85. The molecule has 0 radical (unpaired) electrons. The van der Waals surface area contributed by atoms with Gasteiger partial charge in [-0.15, -0.1) is 11.3 Å². The lowest BCUT2D eigenvalue weighted by atomic mass is 9.51. The lowest BCUT2D eigenvalue weighted by molar-refractivity contribution is 0.0654. The van der Waals surface area contributed by atoms with Crippen molar-refractivity contribution in [1.82, 2.24) is 0 Å². The number of para-hydroxylation sites is 1. The fraction of sp³-hybridized carbons (Fsp3) is 0.478. The van der Waals surface area contributed by atoms with Crippen molar-refractivity contribution in [3.05, 3.63) is 52.1 Å². The van der Waals surface area contributed by atoms with Gasteiger partial charge in [0.05, 0.1) is 22.5 Å². The highest BCUT2D eigenvalue weighted by Crippen LogP contribution is 2.69. The monoisotopic (exact) mass is 365 g/mol. The van der Waals surface area contributed by atoms with Gasteiger partial charge in [-0.25, -0.2) is 0 Å². The van der Waals surface area contributed by atoms with E-state index in [0.717, 1.165) is 5.58 Å². The molecule has 1 unspecified atom stereocenters. The van der Waals surface area contributed by atoms with Crippen LogP contribution in [0.25, 0.3) is 10.3 Å². The lowest BCUT2D eigenvalue weighted by Gasteiger charge is -2.62. The van der Waals surface area contributed by atoms with E-state index < -0.39 is 0 Å². The van der Waals surface area contributed by atoms with Crippen molar-refractivity contribution in [2.45, 2.75) is 65.5 Å². The Morgan fingerprint density at radius 1 is 1.08 bits per heavy atom. The van der Waals surface area contributed by atoms with Crippen molar-refractivity contribution >= 4 is 27.3 Å². The van der Waals surface area contributed by atoms with Gasteiger partial charge in [-0.3, -0.25) is 0 Å². The number of fused-ring (bicyclic) bond motifs is 7. The third kappa shape index (κ3) is 1.49. The molecule has 3 heteroatoms. The summed E-state index contributed by atoms with van der Waals surface area (Å²) in [5.41, 5.74) is 6.75. The van der Waals surface area contributed by atoms with Crippen LogP contribution in [0.4, 0.5) is 5.69 Å². The van der Waals surface area contributed by atoms with Crippen LogP contribution in [0.15, 0.2) is 34.9 Å². The number of anilines is 1. The SMILES string of the molecule is Cc1cccc2c1N1[C@@H](C)c3sc4ccoc4c3C1(C)C(C)(C)C2(C)C. The van der Waals surface area contributed by atoms with E-state index in [0.29, 0.717) is 6.04 Å². The maximum atomic E-state index is 6.03. The first kappa shape index (κ1) is 16.4. The first-order valence-electron chi connectivity index (χ1n) is 9.54. The van der Waals surface area contributed by atoms with E-state index in [1.807, 2.05) is 17.6 Å². The zero-order valence-corrected chi connectivity index (χ0v) is 17.5. The molecule has 1 aromatic carbocycles. The summed E-state index contributed by atoms with van der Waals surface area (Å²) in [5.74, 6) is 0. The fourth-order valence-electron chi connectivity index (χ4n) is 5.68. The molecule has 2 atom stereocenters. The van der Waals surface area contributed by atoms with E-state index in [1.54, 1.807) is 0 Å². The van der Waals surface area contributed by atoms with Crippen LogP contribution in [0.2, 0.25) is 0 Å². The van der Waals surface area contributed by atoms with Gasteiger partial charge < -0.3 is 9.32 Å². The van der Waals surface area contributed by atoms with E-state index in [9.17, 15) is 0 Å². The number of hydrogen-bond acceptors (Lipinski definition) is 3. The fourth-order valence-corrected chi connectivity index (χ4v) is 6.95. The number of aryl methyl sites for hydroxylation is 1. The molecule has 5 rings (SSSR count). The minimum absolute atomic E-state index is 0.0289. The predicted octanol–water partition coefficient (Wildman–Crippen LogP) is 6.92. The van der Waals surface area contributed by atoms with Crippen LogP contribution in [-0.2, 0) is 11.0 Å². The number of rotatable bonds is 0. The largest absolute Gasteiger partial charge is 0.463 e. The van der Waals surface area contributed by atoms with Gasteiger partial charge in [0.1, 0.15) is 0 Å². The molecule has 0 N–H and O–H groups in total. The van der Waals surface area contributed by atoms with Crippen molar-refractivity contribution in [1.29, 1.82) is 0 Å². The van der Waals surface area contributed by atoms with Gasteiger partial charge in [0.15, 0.2) is 5.58 Å². The first-order valence-corrected chi connectivity index (χ1v) is 10.4. The molecule has 0 aliphatic carbocycles. The average Bonchev–Trinajstić information content (AvgIpc) is 3.19. The molecular formula is C23H27NOS. The Bertz CT molecular complexity index is 1050. The van der Waals surface area contributed by atoms with Gasteiger partial charge in [-0.2, -0.15) is 0 Å². The number of furan rings is 1. The molecular weight excluding hydrogens is 338 g/mol. The Hall–Kier alpha value is -1.74. The van der Waals surface area contributed by atoms with E-state index >= 15 is 0 Å². The van der Waals surface area contributed by atoms with Gasteiger partial charge in [-0.05, 0) is 43.4 Å². The number of nitrogens with zero attached hydrogens (tertiary/aromatic N) is 1. The van der Waals surface area contributed by atoms with Crippen molar-refractivity contribution in [2.75, 3.05) is 4.90 Å². The maximum Gasteiger partial charge on any atom is 0.150 e. The Morgan fingerprint density at radius 2 is 1.81 bits per heavy atom. The number of hydrogen-bond donors (Lipinski definition) is 0. The molecule has 2 aliphatic rings. The van der Waals surface area contributed by atoms with Gasteiger partial charge in [0, 0.05) is 21.5 Å². The van der Waals surface area contributed by atoms with Crippen molar-refractivity contribution in [3.63, 3.8) is 0 Å². The summed E-state index contributed by atoms with van der Waals surface area (Å²) >= 11 is 1.91. The zero-order valence-electron chi connectivity index (χ0n) is 16.7. The zero-order chi connectivity index (χ0) is 18.6. The molecule has 0 fully saturated rings. The maximum absolute atomic E-state index is 6.03. The van der Waals surface area contributed by atoms with Gasteiger partial charge in [-0.1, -0.05) is 45.9 Å². The second-order valence-corrected chi connectivity index (χ2v) is 10.4. The van der Waals surface area contributed by atoms with Crippen LogP contribution < -0.4 is 4.90 Å². The lowest BCUT2D eigenvalue weighted by Crippen LogP contribution is -2.62. The van der Waals surface area contributed by atoms with Crippen LogP contribution >= 0.6 is 11.3 Å². The van der Waals surface area contributed by atoms with Crippen molar-refractivity contribution in [2.24, 2.45) is 5.41 Å². The van der Waals surface area contributed by atoms with Crippen LogP contribution in [-0.4, -0.2) is 0 Å². The highest BCUT2D eigenvalue weighted by molar-refractivity contribution is 7.19. The van der Waals surface area contributed by atoms with Crippen molar-refractivity contribution < 1.29 is 4.42 Å². The molecule has 2 aliphatic heterocycles. The third-order valence-electron chi connectivity index (χ3n) is 7.99. The molecule has 3 aromatic rings. The Kier molecular flexibility index (Phi) is 2.88. The molecule has 2 nitrogen and oxygen atoms in total. The average molecular weight is 366 g/mol. The number of thiophene rings is 1. The predicted molar refractivity (Wildman–Crippen MR) is 110 cm³/mol. The summed E-state index contributed by atoms with van der Waals surface area (Å²) in [5, 5.41) is 0. The van der Waals surface area contributed by atoms with Crippen LogP contribution in [0.3, 0.4) is 0 Å². The van der Waals surface area contributed by atoms with Crippen molar-refractivity contribution in [3.8, 4) is 0 Å². The first-order chi connectivity index (χ1) is 12.1. The second kappa shape index (κ2) is 4.56. The normalized spacial score (nSPS) is 28.1. The summed E-state index contributed by atoms with van der Waals surface area (Å²) in [4.78, 5) is 4.17. The standard InChI is InChI=1S/C23H27NOS/c1-13-9-8-10-15-18(13)24-14(2)20-17(19-16(26-20)11-12-25-19)23(24,7)22(5,6)21(15,3)4/h8-12,14H,1-7H3/t14-,23?/m0/s1. The summed E-state index contributed by atoms with van der Waals surface area (Å²) < 4.78 is 7.31. The molecule has 0 amide bonds. The Labute approximate surface area is 159 Å². The number of benzene rings is 1. The molecule has 26 heavy (non-hydrogen) atoms. The van der Waals surface area contributed by atoms with Gasteiger partial charge in [0.25, 0.3) is 0 Å². The molecule has 0 saturated carbocycles. The minimum atomic E-state index is -0.111. The Morgan fingerprint density at radius 3 is 2.54 bits per heavy atom. The third-order valence-corrected chi connectivity index (χ3v) is 9.30. The van der Waals surface area contributed by atoms with E-state index in [1.165, 1.54) is 32.0 Å². The topological polar surface area (TPSA) is 16.4 Å². The molecule has 136 valence electrons. The van der Waals surface area contributed by atoms with Gasteiger partial charge in [0.2, 0.25) is 0 Å². The quantitative estimate of drug-likeness (QED) is 0.430. The molecule has 4 heterocycles. The highest BCUT2D eigenvalue weighted by atomic mass is 32.1. The summed E-state index contributed by atoms with van der Waals surface area (Å²) in [7, 11) is 0. The van der Waals surface area contributed by atoms with Crippen LogP contribution in [0.5, 0.6) is 0 Å². The molecule has 2 aromatic heterocycles. The van der Waals surface area contributed by atoms with Crippen LogP contribution in [0, 0.1) is 12.3 Å². The minimum Gasteiger partial charge on any atom is -0.463 e. The second-order valence-electron chi connectivity index (χ2n) is 9.29. The summed E-state index contributed by atoms with van der Waals surface area (Å²) in [6.45, 7) is 16.8. The molecule has 0 saturated heterocycles. The Balaban J connectivity index is 1.95. The van der Waals surface area contributed by atoms with Gasteiger partial charge >= 0.3 is 0 Å². The van der Waals surface area contributed by atoms with Crippen LogP contribution in [0.1, 0.15) is 69.2 Å². The van der Waals surface area contributed by atoms with E-state index in [4.69, 9.17) is 4.42 Å². The van der Waals surface area contributed by atoms with E-state index in [-0.39, 0.29) is 16.4 Å². The van der Waals surface area contributed by atoms with E-state index in [2.05, 4.69) is 77.6 Å².